The van der Waals surface area contributed by atoms with E-state index in [4.69, 9.17) is 27.9 Å². The van der Waals surface area contributed by atoms with Crippen LogP contribution in [-0.4, -0.2) is 20.9 Å². The van der Waals surface area contributed by atoms with Crippen LogP contribution in [0.3, 0.4) is 0 Å². The van der Waals surface area contributed by atoms with Gasteiger partial charge in [-0.15, -0.1) is 0 Å². The zero-order chi connectivity index (χ0) is 21.7. The van der Waals surface area contributed by atoms with E-state index in [1.807, 2.05) is 0 Å². The van der Waals surface area contributed by atoms with E-state index in [1.165, 1.54) is 30.3 Å². The molecule has 0 spiro atoms. The number of amides is 1. The van der Waals surface area contributed by atoms with Gasteiger partial charge in [0.1, 0.15) is 5.75 Å². The third-order valence-electron chi connectivity index (χ3n) is 4.02. The number of benzene rings is 3. The van der Waals surface area contributed by atoms with Crippen LogP contribution in [-0.2, 0) is 10.0 Å². The van der Waals surface area contributed by atoms with E-state index in [-0.39, 0.29) is 21.3 Å². The van der Waals surface area contributed by atoms with Crippen molar-refractivity contribution >= 4 is 50.5 Å². The van der Waals surface area contributed by atoms with Gasteiger partial charge in [0, 0.05) is 10.6 Å². The van der Waals surface area contributed by atoms with Gasteiger partial charge in [0.25, 0.3) is 15.9 Å². The highest BCUT2D eigenvalue weighted by molar-refractivity contribution is 7.92. The molecule has 0 aliphatic heterocycles. The van der Waals surface area contributed by atoms with E-state index in [0.717, 1.165) is 0 Å². The van der Waals surface area contributed by atoms with Crippen LogP contribution in [0.5, 0.6) is 5.75 Å². The molecule has 0 fully saturated rings. The number of hydrogen-bond donors (Lipinski definition) is 2. The summed E-state index contributed by atoms with van der Waals surface area (Å²) in [5, 5.41) is 3.24. The van der Waals surface area contributed by atoms with Gasteiger partial charge in [-0.3, -0.25) is 9.52 Å². The molecule has 0 radical (unpaired) electrons. The van der Waals surface area contributed by atoms with Crippen LogP contribution in [0.1, 0.15) is 17.3 Å². The van der Waals surface area contributed by atoms with Crippen molar-refractivity contribution in [2.24, 2.45) is 0 Å². The second-order valence-corrected chi connectivity index (χ2v) is 8.67. The highest BCUT2D eigenvalue weighted by Crippen LogP contribution is 2.31. The first kappa shape index (κ1) is 22.0. The van der Waals surface area contributed by atoms with Crippen LogP contribution >= 0.6 is 23.2 Å². The lowest BCUT2D eigenvalue weighted by atomic mass is 10.2. The summed E-state index contributed by atoms with van der Waals surface area (Å²) in [6, 6.07) is 17.2. The van der Waals surface area contributed by atoms with Crippen molar-refractivity contribution in [1.82, 2.24) is 0 Å². The average molecular weight is 465 g/mol. The molecule has 0 aromatic heterocycles. The summed E-state index contributed by atoms with van der Waals surface area (Å²) >= 11 is 12.0. The second kappa shape index (κ2) is 9.38. The van der Waals surface area contributed by atoms with Crippen LogP contribution in [0.15, 0.2) is 71.6 Å². The molecule has 0 saturated carbocycles. The molecule has 30 heavy (non-hydrogen) atoms. The molecule has 156 valence electrons. The number of rotatable bonds is 7. The Balaban J connectivity index is 1.94. The molecule has 3 rings (SSSR count). The summed E-state index contributed by atoms with van der Waals surface area (Å²) in [7, 11) is -4.01. The third kappa shape index (κ3) is 5.24. The van der Waals surface area contributed by atoms with Crippen molar-refractivity contribution < 1.29 is 17.9 Å². The number of ether oxygens (including phenoxy) is 1. The monoisotopic (exact) mass is 464 g/mol. The number of nitrogens with one attached hydrogen (secondary N) is 2. The van der Waals surface area contributed by atoms with Crippen molar-refractivity contribution in [3.8, 4) is 5.75 Å². The van der Waals surface area contributed by atoms with Crippen molar-refractivity contribution in [2.75, 3.05) is 16.6 Å². The highest BCUT2D eigenvalue weighted by Gasteiger charge is 2.19. The van der Waals surface area contributed by atoms with E-state index < -0.39 is 15.9 Å². The molecule has 0 atom stereocenters. The van der Waals surface area contributed by atoms with Crippen molar-refractivity contribution in [3.63, 3.8) is 0 Å². The molecule has 2 N–H and O–H groups in total. The van der Waals surface area contributed by atoms with Crippen molar-refractivity contribution in [1.29, 1.82) is 0 Å². The maximum atomic E-state index is 12.9. The third-order valence-corrected chi connectivity index (χ3v) is 5.95. The molecule has 0 aliphatic carbocycles. The first-order valence-corrected chi connectivity index (χ1v) is 11.1. The first-order valence-electron chi connectivity index (χ1n) is 8.91. The Morgan fingerprint density at radius 1 is 0.967 bits per heavy atom. The average Bonchev–Trinajstić information content (AvgIpc) is 2.72. The Morgan fingerprint density at radius 3 is 2.40 bits per heavy atom. The maximum Gasteiger partial charge on any atom is 0.262 e. The van der Waals surface area contributed by atoms with Crippen LogP contribution in [0, 0.1) is 0 Å². The summed E-state index contributed by atoms with van der Waals surface area (Å²) < 4.78 is 33.7. The first-order chi connectivity index (χ1) is 14.3. The van der Waals surface area contributed by atoms with E-state index in [1.54, 1.807) is 43.3 Å². The quantitative estimate of drug-likeness (QED) is 0.486. The van der Waals surface area contributed by atoms with E-state index in [0.29, 0.717) is 22.9 Å². The summed E-state index contributed by atoms with van der Waals surface area (Å²) in [6.45, 7) is 2.13. The minimum atomic E-state index is -4.01. The van der Waals surface area contributed by atoms with E-state index in [2.05, 4.69) is 10.0 Å². The molecule has 0 bridgehead atoms. The zero-order valence-electron chi connectivity index (χ0n) is 15.9. The fourth-order valence-electron chi connectivity index (χ4n) is 2.62. The minimum absolute atomic E-state index is 0.0784. The predicted octanol–water partition coefficient (Wildman–Crippen LogP) is 5.45. The number of halogens is 2. The van der Waals surface area contributed by atoms with Crippen molar-refractivity contribution in [2.45, 2.75) is 11.8 Å². The molecular weight excluding hydrogens is 447 g/mol. The molecule has 9 heteroatoms. The number of sulfonamides is 1. The molecule has 0 heterocycles. The van der Waals surface area contributed by atoms with Crippen LogP contribution < -0.4 is 14.8 Å². The number of carbonyl (C=O) groups excluding carboxylic acids is 1. The Hall–Kier alpha value is -2.74. The number of hydrogen-bond acceptors (Lipinski definition) is 4. The van der Waals surface area contributed by atoms with E-state index in [9.17, 15) is 13.2 Å². The normalized spacial score (nSPS) is 11.0. The van der Waals surface area contributed by atoms with Gasteiger partial charge in [0.05, 0.1) is 27.9 Å². The van der Waals surface area contributed by atoms with Crippen LogP contribution in [0.4, 0.5) is 11.4 Å². The topological polar surface area (TPSA) is 84.5 Å². The lowest BCUT2D eigenvalue weighted by Gasteiger charge is -2.15. The van der Waals surface area contributed by atoms with Crippen molar-refractivity contribution in [3.05, 3.63) is 82.3 Å². The molecule has 0 saturated heterocycles. The second-order valence-electron chi connectivity index (χ2n) is 6.14. The van der Waals surface area contributed by atoms with E-state index >= 15 is 0 Å². The number of carbonyl (C=O) groups is 1. The fourth-order valence-corrected chi connectivity index (χ4v) is 4.11. The fraction of sp³-hybridized carbons (Fsp3) is 0.0952. The highest BCUT2D eigenvalue weighted by atomic mass is 35.5. The standard InChI is InChI=1S/C21H18Cl2N2O4S/c1-2-29-20-11-9-16(13-19(20)24-21(26)14-6-4-3-5-7-14)30(27,28)25-18-12-15(22)8-10-17(18)23/h3-13,25H,2H2,1H3,(H,24,26). The Kier molecular flexibility index (Phi) is 6.87. The van der Waals surface area contributed by atoms with Gasteiger partial charge in [0.15, 0.2) is 0 Å². The lowest BCUT2D eigenvalue weighted by Crippen LogP contribution is -2.16. The Bertz CT molecular complexity index is 1170. The van der Waals surface area contributed by atoms with Gasteiger partial charge >= 0.3 is 0 Å². The Labute approximate surface area is 184 Å². The molecule has 6 nitrogen and oxygen atoms in total. The number of anilines is 2. The largest absolute Gasteiger partial charge is 0.492 e. The zero-order valence-corrected chi connectivity index (χ0v) is 18.2. The molecule has 1 amide bonds. The van der Waals surface area contributed by atoms with Gasteiger partial charge in [-0.25, -0.2) is 8.42 Å². The molecule has 3 aromatic rings. The van der Waals surface area contributed by atoms with Gasteiger partial charge < -0.3 is 10.1 Å². The molecule has 3 aromatic carbocycles. The van der Waals surface area contributed by atoms with Crippen LogP contribution in [0.2, 0.25) is 10.0 Å². The smallest absolute Gasteiger partial charge is 0.262 e. The Morgan fingerprint density at radius 2 is 1.70 bits per heavy atom. The van der Waals surface area contributed by atoms with Gasteiger partial charge in [-0.1, -0.05) is 41.4 Å². The molecule has 0 unspecified atom stereocenters. The van der Waals surface area contributed by atoms with Gasteiger partial charge in [0.2, 0.25) is 0 Å². The summed E-state index contributed by atoms with van der Waals surface area (Å²) in [4.78, 5) is 12.5. The van der Waals surface area contributed by atoms with Crippen LogP contribution in [0.25, 0.3) is 0 Å². The summed E-state index contributed by atoms with van der Waals surface area (Å²) in [5.41, 5.74) is 0.802. The summed E-state index contributed by atoms with van der Waals surface area (Å²) in [6.07, 6.45) is 0. The minimum Gasteiger partial charge on any atom is -0.492 e. The molecule has 0 aliphatic rings. The lowest BCUT2D eigenvalue weighted by molar-refractivity contribution is 0.102. The maximum absolute atomic E-state index is 12.9. The molecular formula is C21H18Cl2N2O4S. The predicted molar refractivity (Wildman–Crippen MR) is 119 cm³/mol. The summed E-state index contributed by atoms with van der Waals surface area (Å²) in [5.74, 6) is -0.0431. The van der Waals surface area contributed by atoms with Gasteiger partial charge in [-0.05, 0) is 55.5 Å². The SMILES string of the molecule is CCOc1ccc(S(=O)(=O)Nc2cc(Cl)ccc2Cl)cc1NC(=O)c1ccccc1. The van der Waals surface area contributed by atoms with Gasteiger partial charge in [-0.2, -0.15) is 0 Å².